The van der Waals surface area contributed by atoms with E-state index in [1.807, 2.05) is 12.1 Å². The normalized spacial score (nSPS) is 9.71. The Morgan fingerprint density at radius 1 is 0.706 bits per heavy atom. The Hall–Kier alpha value is -0.834. The van der Waals surface area contributed by atoms with Gasteiger partial charge in [-0.15, -0.1) is 0 Å². The van der Waals surface area contributed by atoms with Crippen molar-refractivity contribution in [3.8, 4) is 0 Å². The zero-order chi connectivity index (χ0) is 10.3. The Morgan fingerprint density at radius 2 is 1.41 bits per heavy atom. The van der Waals surface area contributed by atoms with Crippen molar-refractivity contribution < 1.29 is 7.56 Å². The van der Waals surface area contributed by atoms with Crippen molar-refractivity contribution in [2.24, 2.45) is 0 Å². The summed E-state index contributed by atoms with van der Waals surface area (Å²) in [4.78, 5) is 0. The van der Waals surface area contributed by atoms with Gasteiger partial charge < -0.3 is 2.85 Å². The molecular weight excluding hydrogens is 247 g/mol. The molecule has 0 radical (unpaired) electrons. The molecule has 0 bridgehead atoms. The molecule has 3 aromatic rings. The number of benzene rings is 3. The van der Waals surface area contributed by atoms with Crippen LogP contribution in [0, 0.1) is 0 Å². The molecule has 0 aromatic heterocycles. The van der Waals surface area contributed by atoms with E-state index in [0.29, 0.717) is 0 Å². The number of halogens is 2. The molecule has 3 heteroatoms. The van der Waals surface area contributed by atoms with Gasteiger partial charge in [0.15, 0.2) is 0 Å². The summed E-state index contributed by atoms with van der Waals surface area (Å²) in [5.41, 5.74) is 0. The summed E-state index contributed by atoms with van der Waals surface area (Å²) < 4.78 is 0. The largest absolute Gasteiger partial charge is 2.00 e. The van der Waals surface area contributed by atoms with Crippen LogP contribution in [-0.4, -0.2) is 23.1 Å². The zero-order valence-electron chi connectivity index (χ0n) is 11.2. The maximum absolute atomic E-state index is 6.16. The molecule has 3 aromatic carbocycles. The first-order chi connectivity index (χ1) is 7.36. The predicted octanol–water partition coefficient (Wildman–Crippen LogP) is 4.64. The molecule has 0 aliphatic rings. The van der Waals surface area contributed by atoms with Gasteiger partial charge in [0.2, 0.25) is 0 Å². The second kappa shape index (κ2) is 5.67. The molecule has 0 heterocycles. The van der Waals surface area contributed by atoms with Gasteiger partial charge in [0.25, 0.3) is 0 Å². The van der Waals surface area contributed by atoms with E-state index in [9.17, 15) is 0 Å². The Balaban J connectivity index is 0. The first-order valence-electron chi connectivity index (χ1n) is 4.92. The third kappa shape index (κ3) is 2.39. The molecule has 0 saturated heterocycles. The summed E-state index contributed by atoms with van der Waals surface area (Å²) >= 11 is 6.16. The fraction of sp³-hybridized carbons (Fsp3) is 0. The molecule has 0 saturated carbocycles. The molecule has 0 fully saturated rings. The number of hydrogen-bond donors (Lipinski definition) is 0. The van der Waals surface area contributed by atoms with Crippen LogP contribution in [0.2, 0.25) is 5.02 Å². The predicted molar refractivity (Wildman–Crippen MR) is 76.9 cm³/mol. The second-order valence-corrected chi connectivity index (χ2v) is 4.03. The molecule has 0 amide bonds. The van der Waals surface area contributed by atoms with E-state index in [-0.39, 0.29) is 30.6 Å². The maximum atomic E-state index is 6.16. The summed E-state index contributed by atoms with van der Waals surface area (Å²) in [6, 6.07) is 18.6. The standard InChI is InChI=1S/C14H9Cl.FH.Mg.2H/c15-14-7-3-6-12-11-5-2-1-4-10(11)8-9-13(12)14;;;;/h1-9H;1H;;;/q;;+2;2*-1. The first kappa shape index (κ1) is 14.2. The Kier molecular flexibility index (Phi) is 4.75. The van der Waals surface area contributed by atoms with E-state index < -0.39 is 0 Å². The average molecular weight is 259 g/mol. The van der Waals surface area contributed by atoms with Crippen molar-refractivity contribution in [1.29, 1.82) is 0 Å². The van der Waals surface area contributed by atoms with Crippen molar-refractivity contribution >= 4 is 56.2 Å². The maximum Gasteiger partial charge on any atom is 2.00 e. The van der Waals surface area contributed by atoms with Gasteiger partial charge in [0, 0.05) is 10.4 Å². The van der Waals surface area contributed by atoms with Crippen LogP contribution in [-0.2, 0) is 0 Å². The summed E-state index contributed by atoms with van der Waals surface area (Å²) in [6.45, 7) is 0. The van der Waals surface area contributed by atoms with E-state index in [1.54, 1.807) is 0 Å². The molecule has 0 spiro atoms. The summed E-state index contributed by atoms with van der Waals surface area (Å²) in [5, 5.41) is 5.68. The van der Waals surface area contributed by atoms with E-state index in [2.05, 4.69) is 42.5 Å². The molecule has 17 heavy (non-hydrogen) atoms. The number of hydrogen-bond acceptors (Lipinski definition) is 0. The minimum atomic E-state index is 0. The van der Waals surface area contributed by atoms with Crippen LogP contribution in [0.15, 0.2) is 54.6 Å². The van der Waals surface area contributed by atoms with Crippen molar-refractivity contribution in [1.82, 2.24) is 0 Å². The molecular formula is C14H12ClFMg. The van der Waals surface area contributed by atoms with Gasteiger partial charge in [-0.1, -0.05) is 60.1 Å². The molecule has 0 aliphatic carbocycles. The van der Waals surface area contributed by atoms with E-state index in [0.717, 1.165) is 10.4 Å². The van der Waals surface area contributed by atoms with Crippen LogP contribution in [0.4, 0.5) is 4.70 Å². The molecule has 0 N–H and O–H groups in total. The SMILES string of the molecule is Clc1cccc2c1ccc1ccccc12.F.[H-].[H-].[Mg+2]. The van der Waals surface area contributed by atoms with Crippen molar-refractivity contribution in [3.63, 3.8) is 0 Å². The number of fused-ring (bicyclic) bond motifs is 3. The van der Waals surface area contributed by atoms with Crippen LogP contribution < -0.4 is 0 Å². The van der Waals surface area contributed by atoms with Gasteiger partial charge in [0.05, 0.1) is 0 Å². The molecule has 0 aliphatic heterocycles. The Labute approximate surface area is 123 Å². The summed E-state index contributed by atoms with van der Waals surface area (Å²) in [7, 11) is 0. The first-order valence-corrected chi connectivity index (χ1v) is 5.30. The van der Waals surface area contributed by atoms with Gasteiger partial charge in [-0.3, -0.25) is 4.70 Å². The fourth-order valence-corrected chi connectivity index (χ4v) is 2.24. The molecule has 0 atom stereocenters. The van der Waals surface area contributed by atoms with Gasteiger partial charge in [-0.05, 0) is 22.2 Å². The topological polar surface area (TPSA) is 0 Å². The summed E-state index contributed by atoms with van der Waals surface area (Å²) in [5.74, 6) is 0. The molecule has 84 valence electrons. The minimum absolute atomic E-state index is 0. The van der Waals surface area contributed by atoms with Gasteiger partial charge in [0.1, 0.15) is 0 Å². The second-order valence-electron chi connectivity index (χ2n) is 3.62. The zero-order valence-corrected chi connectivity index (χ0v) is 11.4. The fourth-order valence-electron chi connectivity index (χ4n) is 2.00. The van der Waals surface area contributed by atoms with Gasteiger partial charge in [-0.2, -0.15) is 0 Å². The van der Waals surface area contributed by atoms with Crippen molar-refractivity contribution in [2.45, 2.75) is 0 Å². The van der Waals surface area contributed by atoms with Crippen LogP contribution in [0.3, 0.4) is 0 Å². The molecule has 0 nitrogen and oxygen atoms in total. The quantitative estimate of drug-likeness (QED) is 0.407. The van der Waals surface area contributed by atoms with Crippen molar-refractivity contribution in [2.75, 3.05) is 0 Å². The monoisotopic (exact) mass is 258 g/mol. The molecule has 3 rings (SSSR count). The average Bonchev–Trinajstić information content (AvgIpc) is 2.29. The van der Waals surface area contributed by atoms with E-state index in [4.69, 9.17) is 11.6 Å². The van der Waals surface area contributed by atoms with Crippen LogP contribution in [0.1, 0.15) is 2.85 Å². The van der Waals surface area contributed by atoms with E-state index in [1.165, 1.54) is 16.2 Å². The van der Waals surface area contributed by atoms with Crippen LogP contribution in [0.25, 0.3) is 21.5 Å². The summed E-state index contributed by atoms with van der Waals surface area (Å²) in [6.07, 6.45) is 0. The van der Waals surface area contributed by atoms with Crippen LogP contribution in [0.5, 0.6) is 0 Å². The third-order valence-electron chi connectivity index (χ3n) is 2.73. The Bertz CT molecular complexity index is 661. The van der Waals surface area contributed by atoms with Gasteiger partial charge in [-0.25, -0.2) is 0 Å². The smallest absolute Gasteiger partial charge is 1.00 e. The number of rotatable bonds is 0. The van der Waals surface area contributed by atoms with Crippen LogP contribution >= 0.6 is 11.6 Å². The van der Waals surface area contributed by atoms with Crippen molar-refractivity contribution in [3.05, 3.63) is 59.6 Å². The van der Waals surface area contributed by atoms with Gasteiger partial charge >= 0.3 is 23.1 Å². The molecule has 0 unspecified atom stereocenters. The third-order valence-corrected chi connectivity index (χ3v) is 3.06. The van der Waals surface area contributed by atoms with E-state index >= 15 is 0 Å². The Morgan fingerprint density at radius 3 is 2.24 bits per heavy atom. The minimum Gasteiger partial charge on any atom is -1.00 e.